The third kappa shape index (κ3) is 43.1. The van der Waals surface area contributed by atoms with Crippen molar-refractivity contribution in [1.29, 1.82) is 0 Å². The summed E-state index contributed by atoms with van der Waals surface area (Å²) < 4.78 is 5.90. The Morgan fingerprint density at radius 1 is 0.475 bits per heavy atom. The van der Waals surface area contributed by atoms with Crippen molar-refractivity contribution in [3.05, 3.63) is 12.2 Å². The Bertz CT molecular complexity index is 893. The van der Waals surface area contributed by atoms with Crippen molar-refractivity contribution in [2.75, 3.05) is 6.61 Å². The number of amides is 1. The molecule has 3 atom stereocenters. The standard InChI is InChI=1S/C53H103NO5/c1-4-7-10-13-16-18-20-22-24-26-28-30-32-34-37-40-43-46-53(58)59-49(44-41-38-35-15-12-9-6-3)47-52(57)54-50(48-55)51(56)45-42-39-36-33-31-29-27-25-23-21-19-17-14-11-8-5-2/h22,24,49-51,55-56H,4-21,23,25-48H2,1-3H3,(H,54,57)/b24-22+. The Morgan fingerprint density at radius 2 is 0.814 bits per heavy atom. The van der Waals surface area contributed by atoms with E-state index in [-0.39, 0.29) is 24.9 Å². The van der Waals surface area contributed by atoms with Crippen LogP contribution in [-0.2, 0) is 14.3 Å². The van der Waals surface area contributed by atoms with Crippen LogP contribution in [0.2, 0.25) is 0 Å². The normalized spacial score (nSPS) is 13.2. The highest BCUT2D eigenvalue weighted by Crippen LogP contribution is 2.18. The first-order valence-corrected chi connectivity index (χ1v) is 26.4. The van der Waals surface area contributed by atoms with Gasteiger partial charge in [0.05, 0.1) is 25.2 Å². The molecular weight excluding hydrogens is 731 g/mol. The van der Waals surface area contributed by atoms with Gasteiger partial charge in [-0.15, -0.1) is 0 Å². The first-order valence-electron chi connectivity index (χ1n) is 26.4. The maximum Gasteiger partial charge on any atom is 0.306 e. The topological polar surface area (TPSA) is 95.9 Å². The average Bonchev–Trinajstić information content (AvgIpc) is 3.23. The summed E-state index contributed by atoms with van der Waals surface area (Å²) in [4.78, 5) is 26.0. The molecule has 1 amide bonds. The van der Waals surface area contributed by atoms with Crippen molar-refractivity contribution in [3.8, 4) is 0 Å². The molecule has 0 bridgehead atoms. The number of hydrogen-bond donors (Lipinski definition) is 3. The van der Waals surface area contributed by atoms with Crippen LogP contribution in [0.1, 0.15) is 290 Å². The summed E-state index contributed by atoms with van der Waals surface area (Å²) in [7, 11) is 0. The number of hydrogen-bond acceptors (Lipinski definition) is 5. The SMILES string of the molecule is CCCCCCCC/C=C/CCCCCCCCCC(=O)OC(CCCCCCCCC)CC(=O)NC(CO)C(O)CCCCCCCCCCCCCCCCCC. The smallest absolute Gasteiger partial charge is 0.306 e. The fraction of sp³-hybridized carbons (Fsp3) is 0.925. The van der Waals surface area contributed by atoms with Gasteiger partial charge >= 0.3 is 5.97 Å². The third-order valence-corrected chi connectivity index (χ3v) is 12.3. The average molecular weight is 834 g/mol. The molecule has 0 aliphatic heterocycles. The van der Waals surface area contributed by atoms with Crippen molar-refractivity contribution in [2.24, 2.45) is 0 Å². The molecule has 0 radical (unpaired) electrons. The highest BCUT2D eigenvalue weighted by molar-refractivity contribution is 5.77. The number of carbonyl (C=O) groups is 2. The second kappa shape index (κ2) is 47.6. The zero-order valence-corrected chi connectivity index (χ0v) is 39.9. The van der Waals surface area contributed by atoms with E-state index in [1.807, 2.05) is 0 Å². The molecule has 59 heavy (non-hydrogen) atoms. The van der Waals surface area contributed by atoms with E-state index in [0.717, 1.165) is 44.9 Å². The molecule has 6 nitrogen and oxygen atoms in total. The van der Waals surface area contributed by atoms with Gasteiger partial charge in [-0.3, -0.25) is 9.59 Å². The first kappa shape index (κ1) is 57.6. The molecule has 0 rings (SSSR count). The molecule has 0 saturated carbocycles. The van der Waals surface area contributed by atoms with E-state index >= 15 is 0 Å². The molecule has 3 N–H and O–H groups in total. The number of nitrogens with one attached hydrogen (secondary N) is 1. The van der Waals surface area contributed by atoms with Crippen LogP contribution in [0.4, 0.5) is 0 Å². The molecule has 0 aromatic rings. The Kier molecular flexibility index (Phi) is 46.5. The number of aliphatic hydroxyl groups is 2. The Morgan fingerprint density at radius 3 is 1.20 bits per heavy atom. The van der Waals surface area contributed by atoms with E-state index in [9.17, 15) is 19.8 Å². The molecule has 3 unspecified atom stereocenters. The Labute approximate surface area is 368 Å². The van der Waals surface area contributed by atoms with E-state index in [4.69, 9.17) is 4.74 Å². The van der Waals surface area contributed by atoms with Crippen LogP contribution >= 0.6 is 0 Å². The van der Waals surface area contributed by atoms with Crippen molar-refractivity contribution in [2.45, 2.75) is 309 Å². The summed E-state index contributed by atoms with van der Waals surface area (Å²) in [5.41, 5.74) is 0. The highest BCUT2D eigenvalue weighted by Gasteiger charge is 2.24. The zero-order chi connectivity index (χ0) is 43.1. The number of allylic oxidation sites excluding steroid dienone is 2. The van der Waals surface area contributed by atoms with E-state index in [1.165, 1.54) is 199 Å². The predicted molar refractivity (Wildman–Crippen MR) is 255 cm³/mol. The number of carbonyl (C=O) groups excluding carboxylic acids is 2. The van der Waals surface area contributed by atoms with Gasteiger partial charge < -0.3 is 20.3 Å². The fourth-order valence-electron chi connectivity index (χ4n) is 8.31. The number of aliphatic hydroxyl groups excluding tert-OH is 2. The van der Waals surface area contributed by atoms with Gasteiger partial charge in [0.15, 0.2) is 0 Å². The van der Waals surface area contributed by atoms with Gasteiger partial charge in [-0.05, 0) is 51.4 Å². The van der Waals surface area contributed by atoms with Gasteiger partial charge in [-0.2, -0.15) is 0 Å². The third-order valence-electron chi connectivity index (χ3n) is 12.3. The Balaban J connectivity index is 4.30. The molecule has 0 heterocycles. The van der Waals surface area contributed by atoms with Crippen molar-refractivity contribution in [1.82, 2.24) is 5.32 Å². The lowest BCUT2D eigenvalue weighted by molar-refractivity contribution is -0.151. The molecule has 350 valence electrons. The van der Waals surface area contributed by atoms with Gasteiger partial charge in [0, 0.05) is 6.42 Å². The summed E-state index contributed by atoms with van der Waals surface area (Å²) in [6.07, 6.45) is 52.9. The summed E-state index contributed by atoms with van der Waals surface area (Å²) in [5.74, 6) is -0.468. The van der Waals surface area contributed by atoms with Crippen molar-refractivity contribution >= 4 is 11.9 Å². The lowest BCUT2D eigenvalue weighted by Gasteiger charge is -2.24. The number of rotatable bonds is 48. The number of ether oxygens (including phenoxy) is 1. The van der Waals surface area contributed by atoms with Crippen LogP contribution in [0.5, 0.6) is 0 Å². The zero-order valence-electron chi connectivity index (χ0n) is 39.9. The van der Waals surface area contributed by atoms with Crippen molar-refractivity contribution in [3.63, 3.8) is 0 Å². The lowest BCUT2D eigenvalue weighted by Crippen LogP contribution is -2.46. The van der Waals surface area contributed by atoms with E-state index in [1.54, 1.807) is 0 Å². The second-order valence-corrected chi connectivity index (χ2v) is 18.3. The van der Waals surface area contributed by atoms with E-state index in [2.05, 4.69) is 38.2 Å². The van der Waals surface area contributed by atoms with Crippen molar-refractivity contribution < 1.29 is 24.5 Å². The molecule has 0 aromatic heterocycles. The van der Waals surface area contributed by atoms with Gasteiger partial charge in [0.2, 0.25) is 5.91 Å². The van der Waals surface area contributed by atoms with Gasteiger partial charge in [-0.25, -0.2) is 0 Å². The monoisotopic (exact) mass is 834 g/mol. The summed E-state index contributed by atoms with van der Waals surface area (Å²) >= 11 is 0. The molecule has 0 aliphatic carbocycles. The van der Waals surface area contributed by atoms with Gasteiger partial charge in [0.25, 0.3) is 0 Å². The number of esters is 1. The minimum atomic E-state index is -0.781. The molecule has 6 heteroatoms. The summed E-state index contributed by atoms with van der Waals surface area (Å²) in [6.45, 7) is 6.47. The quantitative estimate of drug-likeness (QED) is 0.0322. The van der Waals surface area contributed by atoms with Crippen LogP contribution in [0, 0.1) is 0 Å². The van der Waals surface area contributed by atoms with Crippen LogP contribution in [0.25, 0.3) is 0 Å². The first-order chi connectivity index (χ1) is 29.0. The molecule has 0 saturated heterocycles. The van der Waals surface area contributed by atoms with Crippen LogP contribution in [0.3, 0.4) is 0 Å². The van der Waals surface area contributed by atoms with Crippen LogP contribution in [0.15, 0.2) is 12.2 Å². The van der Waals surface area contributed by atoms with Crippen LogP contribution < -0.4 is 5.32 Å². The lowest BCUT2D eigenvalue weighted by atomic mass is 10.0. The number of unbranched alkanes of at least 4 members (excludes halogenated alkanes) is 34. The highest BCUT2D eigenvalue weighted by atomic mass is 16.5. The molecule has 0 aromatic carbocycles. The predicted octanol–water partition coefficient (Wildman–Crippen LogP) is 15.7. The minimum absolute atomic E-state index is 0.0814. The maximum atomic E-state index is 13.1. The summed E-state index contributed by atoms with van der Waals surface area (Å²) in [6, 6.07) is -0.694. The van der Waals surface area contributed by atoms with E-state index < -0.39 is 18.2 Å². The van der Waals surface area contributed by atoms with Gasteiger partial charge in [0.1, 0.15) is 6.10 Å². The largest absolute Gasteiger partial charge is 0.462 e. The fourth-order valence-corrected chi connectivity index (χ4v) is 8.31. The molecule has 0 fully saturated rings. The molecular formula is C53H103NO5. The van der Waals surface area contributed by atoms with Gasteiger partial charge in [-0.1, -0.05) is 238 Å². The summed E-state index contributed by atoms with van der Waals surface area (Å²) in [5, 5.41) is 23.7. The second-order valence-electron chi connectivity index (χ2n) is 18.3. The van der Waals surface area contributed by atoms with E-state index in [0.29, 0.717) is 19.3 Å². The van der Waals surface area contributed by atoms with Crippen LogP contribution in [-0.4, -0.2) is 46.9 Å². The minimum Gasteiger partial charge on any atom is -0.462 e. The molecule has 0 spiro atoms. The molecule has 0 aliphatic rings. The Hall–Kier alpha value is -1.40. The maximum absolute atomic E-state index is 13.1.